The number of anilines is 3. The highest BCUT2D eigenvalue weighted by Gasteiger charge is 2.07. The molecule has 3 aromatic rings. The van der Waals surface area contributed by atoms with Gasteiger partial charge in [-0.1, -0.05) is 42.5 Å². The Morgan fingerprint density at radius 1 is 0.639 bits per heavy atom. The van der Waals surface area contributed by atoms with Gasteiger partial charge in [-0.2, -0.15) is 15.0 Å². The van der Waals surface area contributed by atoms with Crippen molar-refractivity contribution in [3.05, 3.63) is 65.7 Å². The number of methoxy groups -OCH3 is 1. The molecule has 0 bridgehead atoms. The number of hydrogen-bond acceptors (Lipinski definition) is 10. The lowest BCUT2D eigenvalue weighted by atomic mass is 10.1. The fourth-order valence-corrected chi connectivity index (χ4v) is 3.33. The second-order valence-electron chi connectivity index (χ2n) is 7.93. The molecule has 0 aliphatic heterocycles. The Morgan fingerprint density at radius 3 is 1.72 bits per heavy atom. The smallest absolute Gasteiger partial charge is 0.229 e. The standard InChI is InChI=1S/C26H37N7O3/c1-34-23-9-7-22(8-10-23)12-15-29-25-31-24(28-14-11-21-5-3-2-4-6-21)32-26(33-25)30-16-18-36-20-19-35-17-13-27/h2-10H,11-20,27H2,1H3,(H3,28,29,30,31,32,33). The average molecular weight is 496 g/mol. The molecule has 1 heterocycles. The van der Waals surface area contributed by atoms with Gasteiger partial charge in [0.05, 0.1) is 33.5 Å². The summed E-state index contributed by atoms with van der Waals surface area (Å²) in [6, 6.07) is 18.3. The molecule has 0 fully saturated rings. The molecule has 0 amide bonds. The third-order valence-corrected chi connectivity index (χ3v) is 5.19. The molecule has 0 unspecified atom stereocenters. The lowest BCUT2D eigenvalue weighted by Gasteiger charge is -2.12. The monoisotopic (exact) mass is 495 g/mol. The summed E-state index contributed by atoms with van der Waals surface area (Å²) in [4.78, 5) is 13.6. The van der Waals surface area contributed by atoms with Crippen molar-refractivity contribution in [1.82, 2.24) is 15.0 Å². The van der Waals surface area contributed by atoms with Crippen LogP contribution in [-0.4, -0.2) is 74.7 Å². The number of nitrogens with one attached hydrogen (secondary N) is 3. The van der Waals surface area contributed by atoms with Crippen molar-refractivity contribution in [2.45, 2.75) is 12.8 Å². The maximum atomic E-state index is 5.57. The summed E-state index contributed by atoms with van der Waals surface area (Å²) in [5.74, 6) is 2.37. The summed E-state index contributed by atoms with van der Waals surface area (Å²) >= 11 is 0. The van der Waals surface area contributed by atoms with Gasteiger partial charge in [-0.15, -0.1) is 0 Å². The largest absolute Gasteiger partial charge is 0.497 e. The molecule has 0 radical (unpaired) electrons. The van der Waals surface area contributed by atoms with E-state index in [4.69, 9.17) is 19.9 Å². The first kappa shape index (κ1) is 27.1. The maximum Gasteiger partial charge on any atom is 0.229 e. The molecule has 0 saturated carbocycles. The summed E-state index contributed by atoms with van der Waals surface area (Å²) in [6.07, 6.45) is 1.70. The van der Waals surface area contributed by atoms with Crippen LogP contribution >= 0.6 is 0 Å². The number of ether oxygens (including phenoxy) is 3. The molecule has 0 spiro atoms. The van der Waals surface area contributed by atoms with Crippen LogP contribution in [0.25, 0.3) is 0 Å². The lowest BCUT2D eigenvalue weighted by molar-refractivity contribution is 0.0547. The van der Waals surface area contributed by atoms with Gasteiger partial charge in [0.2, 0.25) is 17.8 Å². The van der Waals surface area contributed by atoms with Crippen molar-refractivity contribution in [3.8, 4) is 5.75 Å². The van der Waals surface area contributed by atoms with Gasteiger partial charge in [-0.3, -0.25) is 0 Å². The van der Waals surface area contributed by atoms with Crippen molar-refractivity contribution in [3.63, 3.8) is 0 Å². The number of aromatic nitrogens is 3. The zero-order valence-corrected chi connectivity index (χ0v) is 20.9. The van der Waals surface area contributed by atoms with Crippen molar-refractivity contribution in [1.29, 1.82) is 0 Å². The van der Waals surface area contributed by atoms with E-state index < -0.39 is 0 Å². The lowest BCUT2D eigenvalue weighted by Crippen LogP contribution is -2.18. The van der Waals surface area contributed by atoms with Crippen molar-refractivity contribution in [2.24, 2.45) is 5.73 Å². The first-order valence-electron chi connectivity index (χ1n) is 12.3. The minimum Gasteiger partial charge on any atom is -0.497 e. The zero-order valence-electron chi connectivity index (χ0n) is 20.9. The fraction of sp³-hybridized carbons (Fsp3) is 0.423. The van der Waals surface area contributed by atoms with Gasteiger partial charge in [0.1, 0.15) is 5.75 Å². The van der Waals surface area contributed by atoms with Crippen molar-refractivity contribution in [2.75, 3.05) is 75.7 Å². The molecule has 10 heteroatoms. The SMILES string of the molecule is COc1ccc(CCNc2nc(NCCOCCOCCN)nc(NCCc3ccccc3)n2)cc1. The molecule has 0 aliphatic rings. The Labute approximate surface area is 213 Å². The molecule has 194 valence electrons. The molecule has 0 saturated heterocycles. The molecule has 36 heavy (non-hydrogen) atoms. The second kappa shape index (κ2) is 16.2. The number of hydrogen-bond donors (Lipinski definition) is 4. The van der Waals surface area contributed by atoms with Crippen LogP contribution in [0.3, 0.4) is 0 Å². The Kier molecular flexibility index (Phi) is 12.2. The van der Waals surface area contributed by atoms with E-state index in [2.05, 4.69) is 55.2 Å². The molecule has 5 N–H and O–H groups in total. The molecular formula is C26H37N7O3. The topological polar surface area (TPSA) is 128 Å². The quantitative estimate of drug-likeness (QED) is 0.195. The molecule has 3 rings (SSSR count). The fourth-order valence-electron chi connectivity index (χ4n) is 3.33. The number of nitrogens with zero attached hydrogens (tertiary/aromatic N) is 3. The summed E-state index contributed by atoms with van der Waals surface area (Å²) in [7, 11) is 1.67. The van der Waals surface area contributed by atoms with Gasteiger partial charge in [-0.25, -0.2) is 0 Å². The Morgan fingerprint density at radius 2 is 1.17 bits per heavy atom. The first-order chi connectivity index (χ1) is 17.8. The van der Waals surface area contributed by atoms with Gasteiger partial charge in [0.15, 0.2) is 0 Å². The average Bonchev–Trinajstić information content (AvgIpc) is 2.91. The summed E-state index contributed by atoms with van der Waals surface area (Å²) in [5, 5.41) is 9.83. The van der Waals surface area contributed by atoms with Crippen LogP contribution in [0.4, 0.5) is 17.8 Å². The van der Waals surface area contributed by atoms with E-state index in [9.17, 15) is 0 Å². The molecule has 0 aliphatic carbocycles. The zero-order chi connectivity index (χ0) is 25.3. The van der Waals surface area contributed by atoms with Crippen LogP contribution in [0.5, 0.6) is 5.75 Å². The van der Waals surface area contributed by atoms with E-state index >= 15 is 0 Å². The summed E-state index contributed by atoms with van der Waals surface area (Å²) in [6.45, 7) is 4.57. The maximum absolute atomic E-state index is 5.57. The summed E-state index contributed by atoms with van der Waals surface area (Å²) in [5.41, 5.74) is 7.85. The second-order valence-corrected chi connectivity index (χ2v) is 7.93. The first-order valence-corrected chi connectivity index (χ1v) is 12.3. The van der Waals surface area contributed by atoms with Gasteiger partial charge < -0.3 is 35.9 Å². The molecule has 2 aromatic carbocycles. The van der Waals surface area contributed by atoms with Crippen molar-refractivity contribution < 1.29 is 14.2 Å². The van der Waals surface area contributed by atoms with Crippen LogP contribution in [0.15, 0.2) is 54.6 Å². The highest BCUT2D eigenvalue weighted by molar-refractivity contribution is 5.42. The van der Waals surface area contributed by atoms with Crippen LogP contribution < -0.4 is 26.4 Å². The minimum atomic E-state index is 0.488. The van der Waals surface area contributed by atoms with Gasteiger partial charge in [-0.05, 0) is 36.1 Å². The third kappa shape index (κ3) is 10.4. The van der Waals surface area contributed by atoms with Gasteiger partial charge >= 0.3 is 0 Å². The molecule has 0 atom stereocenters. The van der Waals surface area contributed by atoms with Crippen molar-refractivity contribution >= 4 is 17.8 Å². The van der Waals surface area contributed by atoms with E-state index in [0.29, 0.717) is 70.5 Å². The van der Waals surface area contributed by atoms with E-state index in [1.165, 1.54) is 11.1 Å². The third-order valence-electron chi connectivity index (χ3n) is 5.19. The Hall–Kier alpha value is -3.47. The van der Waals surface area contributed by atoms with Crippen LogP contribution in [-0.2, 0) is 22.3 Å². The van der Waals surface area contributed by atoms with Crippen LogP contribution in [0.2, 0.25) is 0 Å². The molecule has 1 aromatic heterocycles. The highest BCUT2D eigenvalue weighted by atomic mass is 16.5. The van der Waals surface area contributed by atoms with Crippen LogP contribution in [0.1, 0.15) is 11.1 Å². The van der Waals surface area contributed by atoms with Crippen LogP contribution in [0, 0.1) is 0 Å². The van der Waals surface area contributed by atoms with Gasteiger partial charge in [0, 0.05) is 26.2 Å². The van der Waals surface area contributed by atoms with E-state index in [1.807, 2.05) is 30.3 Å². The van der Waals surface area contributed by atoms with E-state index in [1.54, 1.807) is 7.11 Å². The minimum absolute atomic E-state index is 0.488. The van der Waals surface area contributed by atoms with E-state index in [0.717, 1.165) is 18.6 Å². The van der Waals surface area contributed by atoms with Gasteiger partial charge in [0.25, 0.3) is 0 Å². The summed E-state index contributed by atoms with van der Waals surface area (Å²) < 4.78 is 16.1. The normalized spacial score (nSPS) is 10.7. The van der Waals surface area contributed by atoms with E-state index in [-0.39, 0.29) is 0 Å². The predicted molar refractivity (Wildman–Crippen MR) is 143 cm³/mol. The highest BCUT2D eigenvalue weighted by Crippen LogP contribution is 2.13. The Bertz CT molecular complexity index is 991. The molecular weight excluding hydrogens is 458 g/mol. The Balaban J connectivity index is 1.51. The number of rotatable bonds is 18. The predicted octanol–water partition coefficient (Wildman–Crippen LogP) is 2.59. The molecule has 10 nitrogen and oxygen atoms in total. The number of nitrogens with two attached hydrogens (primary N) is 1. The number of benzene rings is 2.